The van der Waals surface area contributed by atoms with Gasteiger partial charge in [0.1, 0.15) is 5.82 Å². The summed E-state index contributed by atoms with van der Waals surface area (Å²) in [6.07, 6.45) is 1.94. The Morgan fingerprint density at radius 2 is 1.60 bits per heavy atom. The Morgan fingerprint density at radius 3 is 2.36 bits per heavy atom. The predicted molar refractivity (Wildman–Crippen MR) is 106 cm³/mol. The van der Waals surface area contributed by atoms with Crippen molar-refractivity contribution < 1.29 is 0 Å². The first-order valence-corrected chi connectivity index (χ1v) is 8.29. The van der Waals surface area contributed by atoms with Crippen molar-refractivity contribution in [3.05, 3.63) is 84.6 Å². The van der Waals surface area contributed by atoms with Crippen LogP contribution in [0.3, 0.4) is 0 Å². The molecule has 3 aromatic carbocycles. The Balaban J connectivity index is 1.90. The maximum absolute atomic E-state index is 5.83. The van der Waals surface area contributed by atoms with Gasteiger partial charge in [-0.05, 0) is 47.7 Å². The van der Waals surface area contributed by atoms with E-state index in [0.717, 1.165) is 33.7 Å². The standard InChI is InChI=1S/C22H19N3/c1-15-6-5-9-19-21(15)20(16-10-12-17(23)13-11-16)14-24-22(19)25-18-7-3-2-4-8-18/h2-14H,23H2,1H3,(H,24,25). The van der Waals surface area contributed by atoms with Crippen molar-refractivity contribution >= 4 is 28.0 Å². The van der Waals surface area contributed by atoms with Crippen molar-refractivity contribution in [1.29, 1.82) is 0 Å². The number of nitrogens with one attached hydrogen (secondary N) is 1. The molecular formula is C22H19N3. The molecule has 4 aromatic rings. The van der Waals surface area contributed by atoms with Crippen LogP contribution >= 0.6 is 0 Å². The maximum atomic E-state index is 5.83. The first-order valence-electron chi connectivity index (χ1n) is 8.29. The number of nitrogen functional groups attached to an aromatic ring is 1. The van der Waals surface area contributed by atoms with E-state index in [1.807, 2.05) is 60.8 Å². The van der Waals surface area contributed by atoms with Gasteiger partial charge in [-0.3, -0.25) is 0 Å². The summed E-state index contributed by atoms with van der Waals surface area (Å²) in [5, 5.41) is 5.75. The molecule has 0 fully saturated rings. The summed E-state index contributed by atoms with van der Waals surface area (Å²) in [4.78, 5) is 4.70. The minimum absolute atomic E-state index is 0.764. The summed E-state index contributed by atoms with van der Waals surface area (Å²) >= 11 is 0. The van der Waals surface area contributed by atoms with Gasteiger partial charge >= 0.3 is 0 Å². The van der Waals surface area contributed by atoms with E-state index in [2.05, 4.69) is 30.4 Å². The average molecular weight is 325 g/mol. The lowest BCUT2D eigenvalue weighted by molar-refractivity contribution is 1.33. The van der Waals surface area contributed by atoms with Crippen molar-refractivity contribution in [2.45, 2.75) is 6.92 Å². The lowest BCUT2D eigenvalue weighted by Gasteiger charge is -2.14. The number of benzene rings is 3. The number of anilines is 3. The Labute approximate surface area is 147 Å². The number of aromatic nitrogens is 1. The molecule has 0 radical (unpaired) electrons. The third-order valence-electron chi connectivity index (χ3n) is 4.38. The lowest BCUT2D eigenvalue weighted by atomic mass is 9.97. The molecule has 4 rings (SSSR count). The molecule has 3 N–H and O–H groups in total. The van der Waals surface area contributed by atoms with E-state index < -0.39 is 0 Å². The molecule has 3 heteroatoms. The largest absolute Gasteiger partial charge is 0.399 e. The zero-order valence-electron chi connectivity index (χ0n) is 14.0. The fraction of sp³-hybridized carbons (Fsp3) is 0.0455. The van der Waals surface area contributed by atoms with Gasteiger partial charge in [-0.15, -0.1) is 0 Å². The fourth-order valence-corrected chi connectivity index (χ4v) is 3.13. The van der Waals surface area contributed by atoms with Crippen LogP contribution in [-0.4, -0.2) is 4.98 Å². The molecule has 1 aromatic heterocycles. The molecular weight excluding hydrogens is 306 g/mol. The third-order valence-corrected chi connectivity index (χ3v) is 4.38. The lowest BCUT2D eigenvalue weighted by Crippen LogP contribution is -1.97. The van der Waals surface area contributed by atoms with E-state index in [9.17, 15) is 0 Å². The second kappa shape index (κ2) is 6.29. The van der Waals surface area contributed by atoms with Crippen LogP contribution in [0.15, 0.2) is 79.0 Å². The zero-order valence-corrected chi connectivity index (χ0v) is 14.0. The number of rotatable bonds is 3. The molecule has 0 aliphatic heterocycles. The molecule has 25 heavy (non-hydrogen) atoms. The van der Waals surface area contributed by atoms with Crippen LogP contribution in [0.4, 0.5) is 17.2 Å². The summed E-state index contributed by atoms with van der Waals surface area (Å²) < 4.78 is 0. The SMILES string of the molecule is Cc1cccc2c(Nc3ccccc3)ncc(-c3ccc(N)cc3)c12. The molecule has 0 spiro atoms. The van der Waals surface area contributed by atoms with Crippen molar-refractivity contribution in [3.63, 3.8) is 0 Å². The summed E-state index contributed by atoms with van der Waals surface area (Å²) in [6, 6.07) is 24.4. The Morgan fingerprint density at radius 1 is 0.840 bits per heavy atom. The smallest absolute Gasteiger partial charge is 0.138 e. The van der Waals surface area contributed by atoms with E-state index in [4.69, 9.17) is 10.7 Å². The molecule has 0 saturated heterocycles. The first-order chi connectivity index (χ1) is 12.2. The Kier molecular flexibility index (Phi) is 3.82. The number of hydrogen-bond acceptors (Lipinski definition) is 3. The third kappa shape index (κ3) is 2.92. The number of aryl methyl sites for hydroxylation is 1. The minimum atomic E-state index is 0.764. The fourth-order valence-electron chi connectivity index (χ4n) is 3.13. The maximum Gasteiger partial charge on any atom is 0.138 e. The highest BCUT2D eigenvalue weighted by atomic mass is 15.0. The zero-order chi connectivity index (χ0) is 17.2. The highest BCUT2D eigenvalue weighted by Crippen LogP contribution is 2.35. The minimum Gasteiger partial charge on any atom is -0.399 e. The number of pyridine rings is 1. The molecule has 0 saturated carbocycles. The van der Waals surface area contributed by atoms with E-state index in [1.165, 1.54) is 10.9 Å². The molecule has 1 heterocycles. The molecule has 0 atom stereocenters. The second-order valence-electron chi connectivity index (χ2n) is 6.13. The summed E-state index contributed by atoms with van der Waals surface area (Å²) in [5.41, 5.74) is 11.1. The molecule has 3 nitrogen and oxygen atoms in total. The topological polar surface area (TPSA) is 50.9 Å². The van der Waals surface area contributed by atoms with Gasteiger partial charge in [0.15, 0.2) is 0 Å². The van der Waals surface area contributed by atoms with E-state index >= 15 is 0 Å². The van der Waals surface area contributed by atoms with Gasteiger partial charge in [-0.1, -0.05) is 48.5 Å². The van der Waals surface area contributed by atoms with Crippen molar-refractivity contribution in [1.82, 2.24) is 4.98 Å². The number of para-hydroxylation sites is 1. The van der Waals surface area contributed by atoms with Crippen LogP contribution < -0.4 is 11.1 Å². The van der Waals surface area contributed by atoms with Crippen LogP contribution in [0.25, 0.3) is 21.9 Å². The Hall–Kier alpha value is -3.33. The predicted octanol–water partition coefficient (Wildman–Crippen LogP) is 5.54. The van der Waals surface area contributed by atoms with Crippen molar-refractivity contribution in [2.75, 3.05) is 11.1 Å². The van der Waals surface area contributed by atoms with Gasteiger partial charge in [0.2, 0.25) is 0 Å². The molecule has 0 aliphatic rings. The monoisotopic (exact) mass is 325 g/mol. The van der Waals surface area contributed by atoms with Crippen LogP contribution in [0.2, 0.25) is 0 Å². The van der Waals surface area contributed by atoms with E-state index in [-0.39, 0.29) is 0 Å². The Bertz CT molecular complexity index is 1020. The second-order valence-corrected chi connectivity index (χ2v) is 6.13. The molecule has 0 unspecified atom stereocenters. The molecule has 0 bridgehead atoms. The van der Waals surface area contributed by atoms with E-state index in [0.29, 0.717) is 0 Å². The van der Waals surface area contributed by atoms with Gasteiger partial charge in [-0.25, -0.2) is 4.98 Å². The van der Waals surface area contributed by atoms with Crippen molar-refractivity contribution in [3.8, 4) is 11.1 Å². The van der Waals surface area contributed by atoms with Crippen molar-refractivity contribution in [2.24, 2.45) is 0 Å². The number of nitrogens with zero attached hydrogens (tertiary/aromatic N) is 1. The highest BCUT2D eigenvalue weighted by Gasteiger charge is 2.11. The van der Waals surface area contributed by atoms with Gasteiger partial charge in [-0.2, -0.15) is 0 Å². The van der Waals surface area contributed by atoms with E-state index in [1.54, 1.807) is 0 Å². The quantitative estimate of drug-likeness (QED) is 0.486. The highest BCUT2D eigenvalue weighted by molar-refractivity contribution is 6.04. The molecule has 0 aliphatic carbocycles. The van der Waals surface area contributed by atoms with Gasteiger partial charge < -0.3 is 11.1 Å². The number of fused-ring (bicyclic) bond motifs is 1. The summed E-state index contributed by atoms with van der Waals surface area (Å²) in [5.74, 6) is 0.865. The van der Waals surface area contributed by atoms with Gasteiger partial charge in [0, 0.05) is 28.5 Å². The van der Waals surface area contributed by atoms with Gasteiger partial charge in [0.25, 0.3) is 0 Å². The summed E-state index contributed by atoms with van der Waals surface area (Å²) in [6.45, 7) is 2.13. The molecule has 122 valence electrons. The summed E-state index contributed by atoms with van der Waals surface area (Å²) in [7, 11) is 0. The van der Waals surface area contributed by atoms with Crippen LogP contribution in [0.5, 0.6) is 0 Å². The number of nitrogens with two attached hydrogens (primary N) is 1. The first kappa shape index (κ1) is 15.2. The number of hydrogen-bond donors (Lipinski definition) is 2. The van der Waals surface area contributed by atoms with Crippen LogP contribution in [0.1, 0.15) is 5.56 Å². The average Bonchev–Trinajstić information content (AvgIpc) is 2.64. The van der Waals surface area contributed by atoms with Crippen LogP contribution in [0, 0.1) is 6.92 Å². The molecule has 0 amide bonds. The van der Waals surface area contributed by atoms with Crippen LogP contribution in [-0.2, 0) is 0 Å². The van der Waals surface area contributed by atoms with Gasteiger partial charge in [0.05, 0.1) is 0 Å². The normalized spacial score (nSPS) is 10.8.